The van der Waals surface area contributed by atoms with Gasteiger partial charge in [0.1, 0.15) is 17.8 Å². The second-order valence-corrected chi connectivity index (χ2v) is 12.5. The summed E-state index contributed by atoms with van der Waals surface area (Å²) in [6.45, 7) is 7.46. The third kappa shape index (κ3) is 5.40. The minimum Gasteiger partial charge on any atom is -0.390 e. The average molecular weight is 554 g/mol. The summed E-state index contributed by atoms with van der Waals surface area (Å²) >= 11 is 0. The molecule has 0 unspecified atom stereocenters. The number of aromatic nitrogens is 4. The van der Waals surface area contributed by atoms with Crippen LogP contribution in [0.3, 0.4) is 0 Å². The van der Waals surface area contributed by atoms with Gasteiger partial charge in [0.25, 0.3) is 5.56 Å². The van der Waals surface area contributed by atoms with Crippen LogP contribution >= 0.6 is 0 Å². The fourth-order valence-corrected chi connectivity index (χ4v) is 6.61. The zero-order valence-electron chi connectivity index (χ0n) is 23.8. The molecule has 7 rings (SSSR count). The van der Waals surface area contributed by atoms with Crippen molar-refractivity contribution in [3.05, 3.63) is 65.0 Å². The number of hydrogen-bond donors (Lipinski definition) is 2. The first kappa shape index (κ1) is 26.3. The molecule has 9 heteroatoms. The van der Waals surface area contributed by atoms with Gasteiger partial charge in [0.2, 0.25) is 0 Å². The average Bonchev–Trinajstić information content (AvgIpc) is 3.82. The lowest BCUT2D eigenvalue weighted by Crippen LogP contribution is -2.45. The lowest BCUT2D eigenvalue weighted by Gasteiger charge is -2.36. The minimum atomic E-state index is -0.673. The van der Waals surface area contributed by atoms with Crippen LogP contribution in [-0.4, -0.2) is 67.9 Å². The third-order valence-electron chi connectivity index (χ3n) is 9.32. The highest BCUT2D eigenvalue weighted by Gasteiger charge is 2.32. The predicted molar refractivity (Wildman–Crippen MR) is 162 cm³/mol. The van der Waals surface area contributed by atoms with Crippen LogP contribution in [0.1, 0.15) is 57.1 Å². The van der Waals surface area contributed by atoms with Crippen LogP contribution in [0.5, 0.6) is 0 Å². The molecule has 0 spiro atoms. The molecule has 41 heavy (non-hydrogen) atoms. The number of pyridine rings is 2. The number of nitrogens with zero attached hydrogens (tertiary/aromatic N) is 6. The van der Waals surface area contributed by atoms with Gasteiger partial charge >= 0.3 is 0 Å². The number of nitrogens with one attached hydrogen (secondary N) is 1. The van der Waals surface area contributed by atoms with Crippen molar-refractivity contribution in [2.24, 2.45) is 5.92 Å². The number of anilines is 2. The Labute approximate surface area is 240 Å². The highest BCUT2D eigenvalue weighted by Crippen LogP contribution is 2.37. The molecular weight excluding hydrogens is 514 g/mol. The summed E-state index contributed by atoms with van der Waals surface area (Å²) in [6.07, 6.45) is 10.6. The molecule has 3 aromatic heterocycles. The van der Waals surface area contributed by atoms with Gasteiger partial charge in [-0.2, -0.15) is 0 Å². The van der Waals surface area contributed by atoms with Crippen LogP contribution in [0.15, 0.2) is 53.8 Å². The zero-order chi connectivity index (χ0) is 28.0. The fraction of sp³-hybridized carbons (Fsp3) is 0.500. The molecule has 2 N–H and O–H groups in total. The van der Waals surface area contributed by atoms with Gasteiger partial charge in [-0.15, -0.1) is 0 Å². The van der Waals surface area contributed by atoms with Crippen molar-refractivity contribution in [3.8, 4) is 0 Å². The van der Waals surface area contributed by atoms with Gasteiger partial charge in [0, 0.05) is 74.2 Å². The van der Waals surface area contributed by atoms with Crippen molar-refractivity contribution in [2.45, 2.75) is 63.6 Å². The van der Waals surface area contributed by atoms with E-state index in [1.165, 1.54) is 18.5 Å². The summed E-state index contributed by atoms with van der Waals surface area (Å²) in [6, 6.07) is 10.5. The molecule has 4 aromatic rings. The van der Waals surface area contributed by atoms with Crippen molar-refractivity contribution < 1.29 is 5.11 Å². The monoisotopic (exact) mass is 553 g/mol. The molecule has 0 radical (unpaired) electrons. The van der Waals surface area contributed by atoms with E-state index >= 15 is 0 Å². The third-order valence-corrected chi connectivity index (χ3v) is 9.32. The highest BCUT2D eigenvalue weighted by atomic mass is 16.3. The Balaban J connectivity index is 1.23. The summed E-state index contributed by atoms with van der Waals surface area (Å²) < 4.78 is 1.91. The normalized spacial score (nSPS) is 23.8. The zero-order valence-corrected chi connectivity index (χ0v) is 23.8. The van der Waals surface area contributed by atoms with E-state index in [1.54, 1.807) is 6.33 Å². The SMILES string of the molecule is CC1(O)CCC(n2c(=O)c3cc(CN4CCN(c5ccncc5)CC4)ccc3c3c(NCC4CC4)ncnc32)CC1. The van der Waals surface area contributed by atoms with Crippen molar-refractivity contribution in [3.63, 3.8) is 0 Å². The smallest absolute Gasteiger partial charge is 0.260 e. The van der Waals surface area contributed by atoms with E-state index in [0.717, 1.165) is 79.7 Å². The van der Waals surface area contributed by atoms with E-state index < -0.39 is 5.60 Å². The molecule has 2 saturated carbocycles. The van der Waals surface area contributed by atoms with E-state index in [4.69, 9.17) is 0 Å². The Hall–Kier alpha value is -3.56. The summed E-state index contributed by atoms with van der Waals surface area (Å²) in [5.74, 6) is 1.51. The van der Waals surface area contributed by atoms with Crippen LogP contribution in [-0.2, 0) is 6.54 Å². The fourth-order valence-electron chi connectivity index (χ4n) is 6.61. The Morgan fingerprint density at radius 2 is 1.73 bits per heavy atom. The first-order valence-electron chi connectivity index (χ1n) is 15.1. The highest BCUT2D eigenvalue weighted by molar-refractivity contribution is 6.09. The molecule has 3 aliphatic rings. The van der Waals surface area contributed by atoms with E-state index in [-0.39, 0.29) is 11.6 Å². The summed E-state index contributed by atoms with van der Waals surface area (Å²) in [5, 5.41) is 16.8. The summed E-state index contributed by atoms with van der Waals surface area (Å²) in [4.78, 5) is 32.6. The molecule has 0 atom stereocenters. The largest absolute Gasteiger partial charge is 0.390 e. The van der Waals surface area contributed by atoms with Crippen molar-refractivity contribution >= 4 is 33.3 Å². The van der Waals surface area contributed by atoms with Crippen LogP contribution in [0, 0.1) is 5.92 Å². The van der Waals surface area contributed by atoms with Crippen LogP contribution in [0.2, 0.25) is 0 Å². The molecule has 4 heterocycles. The van der Waals surface area contributed by atoms with Gasteiger partial charge in [-0.1, -0.05) is 12.1 Å². The Kier molecular flexibility index (Phi) is 6.87. The number of fused-ring (bicyclic) bond motifs is 3. The molecular formula is C32H39N7O2. The van der Waals surface area contributed by atoms with Crippen molar-refractivity contribution in [1.82, 2.24) is 24.4 Å². The maximum absolute atomic E-state index is 14.2. The van der Waals surface area contributed by atoms with Crippen LogP contribution in [0.25, 0.3) is 21.8 Å². The number of benzene rings is 1. The minimum absolute atomic E-state index is 0.00530. The molecule has 0 bridgehead atoms. The molecule has 1 saturated heterocycles. The summed E-state index contributed by atoms with van der Waals surface area (Å²) in [7, 11) is 0. The van der Waals surface area contributed by atoms with Gasteiger partial charge in [-0.3, -0.25) is 19.2 Å². The Morgan fingerprint density at radius 1 is 0.976 bits per heavy atom. The van der Waals surface area contributed by atoms with Gasteiger partial charge in [0.15, 0.2) is 0 Å². The molecule has 9 nitrogen and oxygen atoms in total. The van der Waals surface area contributed by atoms with Gasteiger partial charge in [0.05, 0.1) is 11.0 Å². The lowest BCUT2D eigenvalue weighted by molar-refractivity contribution is 0.0100. The second kappa shape index (κ2) is 10.7. The first-order chi connectivity index (χ1) is 19.9. The quantitative estimate of drug-likeness (QED) is 0.326. The number of hydrogen-bond acceptors (Lipinski definition) is 8. The maximum atomic E-state index is 14.2. The van der Waals surface area contributed by atoms with E-state index in [2.05, 4.69) is 60.4 Å². The number of rotatable bonds is 7. The van der Waals surface area contributed by atoms with Gasteiger partial charge < -0.3 is 15.3 Å². The molecule has 1 aromatic carbocycles. The van der Waals surface area contributed by atoms with E-state index in [1.807, 2.05) is 23.9 Å². The van der Waals surface area contributed by atoms with Crippen molar-refractivity contribution in [2.75, 3.05) is 42.9 Å². The van der Waals surface area contributed by atoms with E-state index in [9.17, 15) is 9.90 Å². The van der Waals surface area contributed by atoms with Crippen LogP contribution in [0.4, 0.5) is 11.5 Å². The lowest BCUT2D eigenvalue weighted by atomic mass is 9.83. The summed E-state index contributed by atoms with van der Waals surface area (Å²) in [5.41, 5.74) is 2.40. The van der Waals surface area contributed by atoms with Crippen molar-refractivity contribution in [1.29, 1.82) is 0 Å². The molecule has 3 fully saturated rings. The molecule has 214 valence electrons. The molecule has 1 aliphatic heterocycles. The Bertz CT molecular complexity index is 1600. The predicted octanol–water partition coefficient (Wildman–Crippen LogP) is 4.35. The van der Waals surface area contributed by atoms with Crippen LogP contribution < -0.4 is 15.8 Å². The Morgan fingerprint density at radius 3 is 2.46 bits per heavy atom. The van der Waals surface area contributed by atoms with Gasteiger partial charge in [-0.25, -0.2) is 9.97 Å². The topological polar surface area (TPSA) is 99.4 Å². The standard InChI is InChI=1S/C32H39N7O2/c1-32(41)10-6-25(7-11-32)39-30-28(29(35-21-36-30)34-19-22-2-3-22)26-5-4-23(18-27(26)31(39)40)20-37-14-16-38(17-15-37)24-8-12-33-13-9-24/h4-5,8-9,12-13,18,21-22,25,41H,2-3,6-7,10-11,14-17,19-20H2,1H3,(H,34,35,36). The van der Waals surface area contributed by atoms with Gasteiger partial charge in [-0.05, 0) is 75.1 Å². The number of aliphatic hydroxyl groups is 1. The van der Waals surface area contributed by atoms with E-state index in [0.29, 0.717) is 24.4 Å². The maximum Gasteiger partial charge on any atom is 0.260 e. The second-order valence-electron chi connectivity index (χ2n) is 12.5. The molecule has 0 amide bonds. The molecule has 2 aliphatic carbocycles. The first-order valence-corrected chi connectivity index (χ1v) is 15.1. The number of piperazine rings is 1.